The molecule has 4 nitrogen and oxygen atoms in total. The van der Waals surface area contributed by atoms with Crippen LogP contribution in [-0.4, -0.2) is 15.7 Å². The molecule has 116 valence electrons. The first-order valence-corrected chi connectivity index (χ1v) is 7.36. The zero-order chi connectivity index (χ0) is 15.7. The Morgan fingerprint density at radius 2 is 2.23 bits per heavy atom. The van der Waals surface area contributed by atoms with Crippen LogP contribution in [0.25, 0.3) is 0 Å². The summed E-state index contributed by atoms with van der Waals surface area (Å²) in [5, 5.41) is 6.87. The Balaban J connectivity index is 1.83. The van der Waals surface area contributed by atoms with Crippen molar-refractivity contribution >= 4 is 5.91 Å². The highest BCUT2D eigenvalue weighted by Crippen LogP contribution is 2.42. The number of rotatable bonds is 5. The number of aryl methyl sites for hydroxylation is 1. The van der Waals surface area contributed by atoms with Gasteiger partial charge in [-0.15, -0.1) is 0 Å². The minimum Gasteiger partial charge on any atom is -0.345 e. The van der Waals surface area contributed by atoms with Crippen LogP contribution in [0.2, 0.25) is 0 Å². The van der Waals surface area contributed by atoms with Crippen molar-refractivity contribution in [2.24, 2.45) is 5.92 Å². The molecule has 0 bridgehead atoms. The van der Waals surface area contributed by atoms with Gasteiger partial charge in [-0.05, 0) is 43.9 Å². The Labute approximate surface area is 127 Å². The van der Waals surface area contributed by atoms with Crippen molar-refractivity contribution in [2.75, 3.05) is 0 Å². The Morgan fingerprint density at radius 3 is 2.86 bits per heavy atom. The number of halogens is 2. The van der Waals surface area contributed by atoms with Crippen molar-refractivity contribution in [1.29, 1.82) is 0 Å². The largest absolute Gasteiger partial charge is 0.345 e. The fourth-order valence-corrected chi connectivity index (χ4v) is 2.51. The first kappa shape index (κ1) is 14.7. The van der Waals surface area contributed by atoms with E-state index < -0.39 is 17.7 Å². The van der Waals surface area contributed by atoms with Crippen molar-refractivity contribution in [1.82, 2.24) is 15.1 Å². The average molecular weight is 305 g/mol. The van der Waals surface area contributed by atoms with E-state index in [0.29, 0.717) is 12.1 Å². The molecule has 1 amide bonds. The molecule has 0 spiro atoms. The van der Waals surface area contributed by atoms with Gasteiger partial charge in [-0.2, -0.15) is 5.10 Å². The molecule has 1 aromatic carbocycles. The molecule has 1 saturated carbocycles. The van der Waals surface area contributed by atoms with Crippen LogP contribution in [0, 0.1) is 17.6 Å². The van der Waals surface area contributed by atoms with Gasteiger partial charge in [0.1, 0.15) is 11.6 Å². The van der Waals surface area contributed by atoms with Crippen molar-refractivity contribution in [3.05, 3.63) is 53.4 Å². The van der Waals surface area contributed by atoms with Crippen LogP contribution in [-0.2, 0) is 6.54 Å². The van der Waals surface area contributed by atoms with E-state index in [1.807, 2.05) is 6.92 Å². The van der Waals surface area contributed by atoms with Crippen LogP contribution in [0.1, 0.15) is 41.7 Å². The summed E-state index contributed by atoms with van der Waals surface area (Å²) in [6.07, 6.45) is 4.91. The van der Waals surface area contributed by atoms with E-state index in [1.165, 1.54) is 6.20 Å². The summed E-state index contributed by atoms with van der Waals surface area (Å²) in [7, 11) is 0. The van der Waals surface area contributed by atoms with Crippen molar-refractivity contribution in [3.8, 4) is 0 Å². The van der Waals surface area contributed by atoms with E-state index in [9.17, 15) is 13.6 Å². The smallest absolute Gasteiger partial charge is 0.254 e. The Bertz CT molecular complexity index is 694. The zero-order valence-electron chi connectivity index (χ0n) is 12.2. The van der Waals surface area contributed by atoms with Gasteiger partial charge in [0.15, 0.2) is 0 Å². The summed E-state index contributed by atoms with van der Waals surface area (Å²) in [5.41, 5.74) is 0.628. The first-order chi connectivity index (χ1) is 10.6. The van der Waals surface area contributed by atoms with E-state index in [1.54, 1.807) is 10.9 Å². The molecule has 1 atom stereocenters. The molecule has 6 heteroatoms. The van der Waals surface area contributed by atoms with Crippen molar-refractivity contribution in [3.63, 3.8) is 0 Å². The van der Waals surface area contributed by atoms with E-state index in [-0.39, 0.29) is 17.4 Å². The lowest BCUT2D eigenvalue weighted by atomic mass is 10.0. The van der Waals surface area contributed by atoms with Crippen LogP contribution >= 0.6 is 0 Å². The fraction of sp³-hybridized carbons (Fsp3) is 0.375. The molecular weight excluding hydrogens is 288 g/mol. The second-order valence-corrected chi connectivity index (χ2v) is 5.54. The second-order valence-electron chi connectivity index (χ2n) is 5.54. The van der Waals surface area contributed by atoms with E-state index >= 15 is 0 Å². The van der Waals surface area contributed by atoms with Gasteiger partial charge >= 0.3 is 0 Å². The maximum Gasteiger partial charge on any atom is 0.254 e. The van der Waals surface area contributed by atoms with E-state index in [2.05, 4.69) is 10.4 Å². The van der Waals surface area contributed by atoms with Gasteiger partial charge < -0.3 is 5.32 Å². The van der Waals surface area contributed by atoms with Crippen LogP contribution in [0.3, 0.4) is 0 Å². The quantitative estimate of drug-likeness (QED) is 0.923. The van der Waals surface area contributed by atoms with Crippen LogP contribution in [0.5, 0.6) is 0 Å². The third kappa shape index (κ3) is 3.00. The SMILES string of the molecule is CCn1cc(C(=O)N[C@H](c2cc(F)ccc2F)C2CC2)cn1. The molecule has 0 saturated heterocycles. The normalized spacial score (nSPS) is 15.6. The van der Waals surface area contributed by atoms with E-state index in [4.69, 9.17) is 0 Å². The highest BCUT2D eigenvalue weighted by atomic mass is 19.1. The summed E-state index contributed by atoms with van der Waals surface area (Å²) >= 11 is 0. The lowest BCUT2D eigenvalue weighted by molar-refractivity contribution is 0.0930. The number of hydrogen-bond acceptors (Lipinski definition) is 2. The molecule has 0 aliphatic heterocycles. The molecule has 0 unspecified atom stereocenters. The van der Waals surface area contributed by atoms with E-state index in [0.717, 1.165) is 31.0 Å². The van der Waals surface area contributed by atoms with Gasteiger partial charge in [0, 0.05) is 18.3 Å². The third-order valence-electron chi connectivity index (χ3n) is 3.89. The highest BCUT2D eigenvalue weighted by molar-refractivity contribution is 5.94. The Morgan fingerprint density at radius 1 is 1.45 bits per heavy atom. The third-order valence-corrected chi connectivity index (χ3v) is 3.89. The molecule has 0 radical (unpaired) electrons. The number of amides is 1. The highest BCUT2D eigenvalue weighted by Gasteiger charge is 2.35. The lowest BCUT2D eigenvalue weighted by Crippen LogP contribution is -2.30. The first-order valence-electron chi connectivity index (χ1n) is 7.36. The number of aromatic nitrogens is 2. The molecule has 1 aliphatic rings. The molecule has 1 N–H and O–H groups in total. The van der Waals surface area contributed by atoms with Crippen LogP contribution in [0.4, 0.5) is 8.78 Å². The number of hydrogen-bond donors (Lipinski definition) is 1. The fourth-order valence-electron chi connectivity index (χ4n) is 2.51. The van der Waals surface area contributed by atoms with Crippen molar-refractivity contribution in [2.45, 2.75) is 32.4 Å². The predicted octanol–water partition coefficient (Wildman–Crippen LogP) is 3.06. The van der Waals surface area contributed by atoms with Gasteiger partial charge in [-0.1, -0.05) is 0 Å². The monoisotopic (exact) mass is 305 g/mol. The number of benzene rings is 1. The van der Waals surface area contributed by atoms with Gasteiger partial charge in [0.2, 0.25) is 0 Å². The maximum absolute atomic E-state index is 14.0. The molecule has 1 aliphatic carbocycles. The number of carbonyl (C=O) groups excluding carboxylic acids is 1. The minimum absolute atomic E-state index is 0.154. The second kappa shape index (κ2) is 5.87. The molecule has 2 aromatic rings. The van der Waals surface area contributed by atoms with Crippen molar-refractivity contribution < 1.29 is 13.6 Å². The lowest BCUT2D eigenvalue weighted by Gasteiger charge is -2.19. The molecule has 3 rings (SSSR count). The minimum atomic E-state index is -0.506. The van der Waals surface area contributed by atoms with Gasteiger partial charge in [0.25, 0.3) is 5.91 Å². The number of nitrogens with one attached hydrogen (secondary N) is 1. The summed E-state index contributed by atoms with van der Waals surface area (Å²) in [4.78, 5) is 12.3. The zero-order valence-corrected chi connectivity index (χ0v) is 12.2. The molecule has 1 fully saturated rings. The molecule has 1 aromatic heterocycles. The van der Waals surface area contributed by atoms with Crippen LogP contribution < -0.4 is 5.32 Å². The summed E-state index contributed by atoms with van der Waals surface area (Å²) in [6, 6.07) is 2.83. The maximum atomic E-state index is 14.0. The topological polar surface area (TPSA) is 46.9 Å². The predicted molar refractivity (Wildman–Crippen MR) is 77.2 cm³/mol. The van der Waals surface area contributed by atoms with Gasteiger partial charge in [0.05, 0.1) is 17.8 Å². The number of nitrogens with zero attached hydrogens (tertiary/aromatic N) is 2. The molecule has 22 heavy (non-hydrogen) atoms. The number of carbonyl (C=O) groups is 1. The summed E-state index contributed by atoms with van der Waals surface area (Å²) < 4.78 is 29.0. The summed E-state index contributed by atoms with van der Waals surface area (Å²) in [5.74, 6) is -1.17. The average Bonchev–Trinajstić information content (AvgIpc) is 3.23. The van der Waals surface area contributed by atoms with Gasteiger partial charge in [-0.25, -0.2) is 8.78 Å². The summed E-state index contributed by atoms with van der Waals surface area (Å²) in [6.45, 7) is 2.58. The standard InChI is InChI=1S/C16H17F2N3O/c1-2-21-9-11(8-19-21)16(22)20-15(10-3-4-10)13-7-12(17)5-6-14(13)18/h5-10,15H,2-4H2,1H3,(H,20,22)/t15-/m0/s1. The molecular formula is C16H17F2N3O. The van der Waals surface area contributed by atoms with Crippen LogP contribution in [0.15, 0.2) is 30.6 Å². The Kier molecular flexibility index (Phi) is 3.92. The Hall–Kier alpha value is -2.24. The molecule has 1 heterocycles. The van der Waals surface area contributed by atoms with Gasteiger partial charge in [-0.3, -0.25) is 9.48 Å².